The topological polar surface area (TPSA) is 21.7 Å². The maximum atomic E-state index is 8.11. The van der Waals surface area contributed by atoms with Crippen LogP contribution in [0.25, 0.3) is 39.1 Å². The standard InChI is InChI=1S/C28H24N3/c1-18-13-26-21(15-28-29-24-11-7-8-12-25(24)31(26)28)14-23(18)27-16-22(19(2)17-30(27)3)20-9-5-4-6-10-20/h4-14,16-17H,15H2,1-3H3/q+1/i2D3. The van der Waals surface area contributed by atoms with Crippen LogP contribution in [0.3, 0.4) is 0 Å². The van der Waals surface area contributed by atoms with Gasteiger partial charge in [-0.2, -0.15) is 0 Å². The average molecular weight is 406 g/mol. The van der Waals surface area contributed by atoms with Gasteiger partial charge in [0.05, 0.1) is 16.7 Å². The van der Waals surface area contributed by atoms with Crippen molar-refractivity contribution in [1.29, 1.82) is 0 Å². The first kappa shape index (κ1) is 15.1. The molecular weight excluding hydrogens is 378 g/mol. The molecule has 0 amide bonds. The fourth-order valence-corrected chi connectivity index (χ4v) is 4.77. The number of aromatic nitrogens is 3. The Labute approximate surface area is 186 Å². The summed E-state index contributed by atoms with van der Waals surface area (Å²) in [6.45, 7) is -0.0860. The Balaban J connectivity index is 1.54. The molecule has 0 bridgehead atoms. The van der Waals surface area contributed by atoms with Gasteiger partial charge in [-0.1, -0.05) is 42.5 Å². The minimum atomic E-state index is -2.20. The van der Waals surface area contributed by atoms with Gasteiger partial charge in [-0.05, 0) is 60.3 Å². The smallest absolute Gasteiger partial charge is 0.213 e. The SMILES string of the molecule is [2H]C([2H])([2H])c1c[n+](C)c(-c2cc3c(cc2C)-n2c(nc4ccccc42)C3)cc1-c1ccccc1. The van der Waals surface area contributed by atoms with Crippen LogP contribution in [0.4, 0.5) is 0 Å². The van der Waals surface area contributed by atoms with E-state index in [9.17, 15) is 0 Å². The highest BCUT2D eigenvalue weighted by Crippen LogP contribution is 2.37. The molecule has 1 aliphatic heterocycles. The van der Waals surface area contributed by atoms with E-state index in [1.165, 1.54) is 11.3 Å². The van der Waals surface area contributed by atoms with Crippen LogP contribution in [0.2, 0.25) is 0 Å². The van der Waals surface area contributed by atoms with Gasteiger partial charge < -0.3 is 0 Å². The number of hydrogen-bond donors (Lipinski definition) is 0. The Hall–Kier alpha value is -3.72. The van der Waals surface area contributed by atoms with E-state index in [2.05, 4.69) is 35.8 Å². The lowest BCUT2D eigenvalue weighted by Gasteiger charge is -2.12. The first-order chi connectivity index (χ1) is 16.3. The van der Waals surface area contributed by atoms with E-state index < -0.39 is 6.85 Å². The van der Waals surface area contributed by atoms with Crippen LogP contribution in [-0.4, -0.2) is 9.55 Å². The Kier molecular flexibility index (Phi) is 3.24. The molecule has 3 nitrogen and oxygen atoms in total. The third kappa shape index (κ3) is 2.73. The van der Waals surface area contributed by atoms with Crippen molar-refractivity contribution in [2.75, 3.05) is 0 Å². The van der Waals surface area contributed by atoms with Gasteiger partial charge in [-0.15, -0.1) is 0 Å². The van der Waals surface area contributed by atoms with E-state index in [1.807, 2.05) is 60.1 Å². The molecule has 1 aliphatic rings. The van der Waals surface area contributed by atoms with Crippen LogP contribution >= 0.6 is 0 Å². The number of hydrogen-bond acceptors (Lipinski definition) is 1. The van der Waals surface area contributed by atoms with E-state index in [-0.39, 0.29) is 0 Å². The minimum absolute atomic E-state index is 0.357. The number of imidazole rings is 1. The molecule has 3 heterocycles. The lowest BCUT2D eigenvalue weighted by Crippen LogP contribution is -2.31. The molecule has 0 radical (unpaired) electrons. The van der Waals surface area contributed by atoms with E-state index in [0.29, 0.717) is 5.56 Å². The Morgan fingerprint density at radius 3 is 2.58 bits per heavy atom. The second kappa shape index (κ2) is 6.64. The van der Waals surface area contributed by atoms with Crippen molar-refractivity contribution in [3.8, 4) is 28.1 Å². The maximum absolute atomic E-state index is 8.11. The number of nitrogens with zero attached hydrogens (tertiary/aromatic N) is 3. The minimum Gasteiger partial charge on any atom is -0.296 e. The zero-order valence-corrected chi connectivity index (χ0v) is 17.6. The van der Waals surface area contributed by atoms with Gasteiger partial charge in [0, 0.05) is 27.7 Å². The second-order valence-electron chi connectivity index (χ2n) is 8.29. The molecule has 31 heavy (non-hydrogen) atoms. The fourth-order valence-electron chi connectivity index (χ4n) is 4.77. The predicted octanol–water partition coefficient (Wildman–Crippen LogP) is 5.71. The first-order valence-corrected chi connectivity index (χ1v) is 10.5. The van der Waals surface area contributed by atoms with Gasteiger partial charge in [-0.3, -0.25) is 4.57 Å². The number of fused-ring (bicyclic) bond motifs is 5. The molecule has 2 aromatic heterocycles. The molecule has 5 aromatic rings. The number of aryl methyl sites for hydroxylation is 3. The molecule has 0 N–H and O–H groups in total. The molecule has 0 aliphatic carbocycles. The molecule has 0 saturated carbocycles. The van der Waals surface area contributed by atoms with Crippen molar-refractivity contribution in [3.63, 3.8) is 0 Å². The summed E-state index contributed by atoms with van der Waals surface area (Å²) in [5, 5.41) is 0. The molecule has 150 valence electrons. The molecule has 3 aromatic carbocycles. The van der Waals surface area contributed by atoms with E-state index in [0.717, 1.165) is 51.2 Å². The van der Waals surface area contributed by atoms with Gasteiger partial charge in [0.1, 0.15) is 12.9 Å². The fraction of sp³-hybridized carbons (Fsp3) is 0.143. The summed E-state index contributed by atoms with van der Waals surface area (Å²) in [7, 11) is 1.92. The molecule has 0 unspecified atom stereocenters. The van der Waals surface area contributed by atoms with E-state index in [4.69, 9.17) is 9.10 Å². The largest absolute Gasteiger partial charge is 0.296 e. The van der Waals surface area contributed by atoms with E-state index in [1.54, 1.807) is 6.20 Å². The Bertz CT molecular complexity index is 1580. The van der Waals surface area contributed by atoms with Crippen molar-refractivity contribution < 1.29 is 8.68 Å². The zero-order valence-electron chi connectivity index (χ0n) is 20.6. The summed E-state index contributed by atoms with van der Waals surface area (Å²) in [5.41, 5.74) is 9.79. The van der Waals surface area contributed by atoms with Crippen LogP contribution in [0.15, 0.2) is 79.0 Å². The van der Waals surface area contributed by atoms with Crippen LogP contribution in [0.5, 0.6) is 0 Å². The summed E-state index contributed by atoms with van der Waals surface area (Å²) >= 11 is 0. The molecule has 0 saturated heterocycles. The summed E-state index contributed by atoms with van der Waals surface area (Å²) in [4.78, 5) is 4.85. The normalized spacial score (nSPS) is 14.1. The van der Waals surface area contributed by atoms with Crippen LogP contribution in [-0.2, 0) is 13.5 Å². The van der Waals surface area contributed by atoms with Gasteiger partial charge in [0.2, 0.25) is 5.69 Å². The van der Waals surface area contributed by atoms with Crippen molar-refractivity contribution >= 4 is 11.0 Å². The number of benzene rings is 3. The van der Waals surface area contributed by atoms with Crippen molar-refractivity contribution in [3.05, 3.63) is 102 Å². The highest BCUT2D eigenvalue weighted by molar-refractivity contribution is 5.81. The summed E-state index contributed by atoms with van der Waals surface area (Å²) < 4.78 is 28.5. The predicted molar refractivity (Wildman–Crippen MR) is 125 cm³/mol. The van der Waals surface area contributed by atoms with Gasteiger partial charge in [-0.25, -0.2) is 9.55 Å². The van der Waals surface area contributed by atoms with Crippen molar-refractivity contribution in [2.45, 2.75) is 20.2 Å². The average Bonchev–Trinajstić information content (AvgIpc) is 3.34. The highest BCUT2D eigenvalue weighted by atomic mass is 15.1. The van der Waals surface area contributed by atoms with Gasteiger partial charge in [0.15, 0.2) is 6.20 Å². The third-order valence-electron chi connectivity index (χ3n) is 6.28. The molecule has 0 atom stereocenters. The van der Waals surface area contributed by atoms with Gasteiger partial charge in [0.25, 0.3) is 0 Å². The number of rotatable bonds is 2. The summed E-state index contributed by atoms with van der Waals surface area (Å²) in [6.07, 6.45) is 2.54. The van der Waals surface area contributed by atoms with Crippen LogP contribution in [0.1, 0.15) is 26.6 Å². The first-order valence-electron chi connectivity index (χ1n) is 12.0. The van der Waals surface area contributed by atoms with Crippen LogP contribution < -0.4 is 4.57 Å². The quantitative estimate of drug-likeness (QED) is 0.338. The molecule has 0 spiro atoms. The maximum Gasteiger partial charge on any atom is 0.213 e. The molecule has 0 fully saturated rings. The molecular formula is C28H24N3+. The lowest BCUT2D eigenvalue weighted by atomic mass is 9.95. The zero-order chi connectivity index (χ0) is 23.6. The third-order valence-corrected chi connectivity index (χ3v) is 6.28. The van der Waals surface area contributed by atoms with Gasteiger partial charge >= 0.3 is 0 Å². The highest BCUT2D eigenvalue weighted by Gasteiger charge is 2.26. The number of pyridine rings is 1. The molecule has 3 heteroatoms. The van der Waals surface area contributed by atoms with E-state index >= 15 is 0 Å². The Morgan fingerprint density at radius 1 is 0.935 bits per heavy atom. The lowest BCUT2D eigenvalue weighted by molar-refractivity contribution is -0.660. The number of para-hydroxylation sites is 2. The monoisotopic (exact) mass is 405 g/mol. The Morgan fingerprint density at radius 2 is 1.74 bits per heavy atom. The second-order valence-corrected chi connectivity index (χ2v) is 8.29. The summed E-state index contributed by atoms with van der Waals surface area (Å²) in [6, 6.07) is 24.5. The van der Waals surface area contributed by atoms with Crippen molar-refractivity contribution in [2.24, 2.45) is 7.05 Å². The van der Waals surface area contributed by atoms with Crippen molar-refractivity contribution in [1.82, 2.24) is 9.55 Å². The molecule has 6 rings (SSSR count). The van der Waals surface area contributed by atoms with Crippen LogP contribution in [0, 0.1) is 13.8 Å². The summed E-state index contributed by atoms with van der Waals surface area (Å²) in [5.74, 6) is 1.06.